The van der Waals surface area contributed by atoms with Crippen molar-refractivity contribution in [2.24, 2.45) is 5.92 Å². The van der Waals surface area contributed by atoms with Gasteiger partial charge in [-0.1, -0.05) is 37.3 Å². The van der Waals surface area contributed by atoms with E-state index in [0.717, 1.165) is 5.56 Å². The largest absolute Gasteiger partial charge is 0.354 e. The SMILES string of the molecule is CCS(=O)CCNC(=O)C(C#N)Cc1ccccc1. The monoisotopic (exact) mass is 278 g/mol. The van der Waals surface area contributed by atoms with Crippen molar-refractivity contribution in [3.63, 3.8) is 0 Å². The van der Waals surface area contributed by atoms with Gasteiger partial charge in [-0.25, -0.2) is 0 Å². The second kappa shape index (κ2) is 8.44. The van der Waals surface area contributed by atoms with Gasteiger partial charge < -0.3 is 5.32 Å². The van der Waals surface area contributed by atoms with Crippen molar-refractivity contribution in [3.05, 3.63) is 35.9 Å². The van der Waals surface area contributed by atoms with Crippen LogP contribution in [0.2, 0.25) is 0 Å². The van der Waals surface area contributed by atoms with Crippen LogP contribution in [0, 0.1) is 17.2 Å². The molecule has 1 rings (SSSR count). The molecule has 0 spiro atoms. The van der Waals surface area contributed by atoms with Gasteiger partial charge in [0.2, 0.25) is 5.91 Å². The molecule has 0 fully saturated rings. The Hall–Kier alpha value is -1.67. The van der Waals surface area contributed by atoms with Gasteiger partial charge in [0, 0.05) is 28.9 Å². The lowest BCUT2D eigenvalue weighted by Crippen LogP contribution is -2.34. The molecule has 2 atom stereocenters. The minimum atomic E-state index is -0.894. The Kier molecular flexibility index (Phi) is 6.83. The van der Waals surface area contributed by atoms with Crippen molar-refractivity contribution >= 4 is 16.7 Å². The van der Waals surface area contributed by atoms with Crippen molar-refractivity contribution in [1.29, 1.82) is 5.26 Å². The maximum atomic E-state index is 11.8. The van der Waals surface area contributed by atoms with Crippen LogP contribution in [-0.4, -0.2) is 28.2 Å². The Morgan fingerprint density at radius 1 is 1.42 bits per heavy atom. The van der Waals surface area contributed by atoms with Crippen molar-refractivity contribution < 1.29 is 9.00 Å². The molecule has 19 heavy (non-hydrogen) atoms. The molecule has 0 aliphatic heterocycles. The summed E-state index contributed by atoms with van der Waals surface area (Å²) in [6, 6.07) is 11.5. The van der Waals surface area contributed by atoms with Gasteiger partial charge in [-0.2, -0.15) is 5.26 Å². The molecule has 5 heteroatoms. The molecule has 0 saturated carbocycles. The Morgan fingerprint density at radius 3 is 2.68 bits per heavy atom. The van der Waals surface area contributed by atoms with E-state index in [4.69, 9.17) is 5.26 Å². The van der Waals surface area contributed by atoms with E-state index in [9.17, 15) is 9.00 Å². The number of rotatable bonds is 7. The lowest BCUT2D eigenvalue weighted by atomic mass is 10.00. The number of carbonyl (C=O) groups excluding carboxylic acids is 1. The van der Waals surface area contributed by atoms with E-state index >= 15 is 0 Å². The predicted molar refractivity (Wildman–Crippen MR) is 75.8 cm³/mol. The summed E-state index contributed by atoms with van der Waals surface area (Å²) < 4.78 is 11.2. The number of hydrogen-bond donors (Lipinski definition) is 1. The third kappa shape index (κ3) is 5.66. The van der Waals surface area contributed by atoms with Gasteiger partial charge >= 0.3 is 0 Å². The van der Waals surface area contributed by atoms with Crippen LogP contribution < -0.4 is 5.32 Å². The average molecular weight is 278 g/mol. The number of nitrogens with zero attached hydrogens (tertiary/aromatic N) is 1. The van der Waals surface area contributed by atoms with Gasteiger partial charge in [0.05, 0.1) is 6.07 Å². The topological polar surface area (TPSA) is 70.0 Å². The van der Waals surface area contributed by atoms with E-state index in [1.54, 1.807) is 0 Å². The second-order valence-electron chi connectivity index (χ2n) is 4.10. The zero-order valence-corrected chi connectivity index (χ0v) is 11.8. The molecule has 1 aromatic carbocycles. The van der Waals surface area contributed by atoms with Crippen LogP contribution in [0.5, 0.6) is 0 Å². The highest BCUT2D eigenvalue weighted by atomic mass is 32.2. The fraction of sp³-hybridized carbons (Fsp3) is 0.429. The van der Waals surface area contributed by atoms with Crippen molar-refractivity contribution in [3.8, 4) is 6.07 Å². The number of nitriles is 1. The van der Waals surface area contributed by atoms with Gasteiger partial charge in [0.1, 0.15) is 5.92 Å². The van der Waals surface area contributed by atoms with E-state index < -0.39 is 16.7 Å². The summed E-state index contributed by atoms with van der Waals surface area (Å²) in [6.07, 6.45) is 0.403. The third-order valence-corrected chi connectivity index (χ3v) is 4.01. The first kappa shape index (κ1) is 15.4. The van der Waals surface area contributed by atoms with Crippen molar-refractivity contribution in [2.75, 3.05) is 18.1 Å². The summed E-state index contributed by atoms with van der Waals surface area (Å²) in [5.41, 5.74) is 0.960. The van der Waals surface area contributed by atoms with Crippen LogP contribution in [0.15, 0.2) is 30.3 Å². The highest BCUT2D eigenvalue weighted by molar-refractivity contribution is 7.84. The van der Waals surface area contributed by atoms with Crippen LogP contribution in [0.3, 0.4) is 0 Å². The van der Waals surface area contributed by atoms with Crippen molar-refractivity contribution in [2.45, 2.75) is 13.3 Å². The fourth-order valence-electron chi connectivity index (χ4n) is 1.60. The quantitative estimate of drug-likeness (QED) is 0.816. The highest BCUT2D eigenvalue weighted by Crippen LogP contribution is 2.08. The van der Waals surface area contributed by atoms with Crippen LogP contribution in [0.1, 0.15) is 12.5 Å². The molecule has 0 aromatic heterocycles. The summed E-state index contributed by atoms with van der Waals surface area (Å²) >= 11 is 0. The van der Waals surface area contributed by atoms with E-state index in [1.807, 2.05) is 43.3 Å². The number of hydrogen-bond acceptors (Lipinski definition) is 3. The van der Waals surface area contributed by atoms with Crippen LogP contribution in [0.4, 0.5) is 0 Å². The molecule has 0 bridgehead atoms. The number of carbonyl (C=O) groups is 1. The number of amides is 1. The standard InChI is InChI=1S/C14H18N2O2S/c1-2-19(18)9-8-16-14(17)13(11-15)10-12-6-4-3-5-7-12/h3-7,13H,2,8-10H2,1H3,(H,16,17). The zero-order valence-electron chi connectivity index (χ0n) is 11.0. The first-order valence-electron chi connectivity index (χ1n) is 6.23. The smallest absolute Gasteiger partial charge is 0.237 e. The number of benzene rings is 1. The molecule has 4 nitrogen and oxygen atoms in total. The first-order chi connectivity index (χ1) is 9.17. The van der Waals surface area contributed by atoms with Crippen LogP contribution >= 0.6 is 0 Å². The minimum Gasteiger partial charge on any atom is -0.354 e. The molecule has 0 aliphatic rings. The minimum absolute atomic E-state index is 0.292. The van der Waals surface area contributed by atoms with Gasteiger partial charge in [0.15, 0.2) is 0 Å². The Labute approximate surface area is 116 Å². The van der Waals surface area contributed by atoms with Gasteiger partial charge in [-0.15, -0.1) is 0 Å². The van der Waals surface area contributed by atoms with Gasteiger partial charge in [0.25, 0.3) is 0 Å². The van der Waals surface area contributed by atoms with E-state index in [0.29, 0.717) is 24.5 Å². The molecule has 0 heterocycles. The number of nitrogens with one attached hydrogen (secondary N) is 1. The highest BCUT2D eigenvalue weighted by Gasteiger charge is 2.17. The summed E-state index contributed by atoms with van der Waals surface area (Å²) in [7, 11) is -0.894. The molecular weight excluding hydrogens is 260 g/mol. The molecule has 0 saturated heterocycles. The third-order valence-electron chi connectivity index (χ3n) is 2.71. The summed E-state index contributed by atoms with van der Waals surface area (Å²) in [5, 5.41) is 11.7. The maximum Gasteiger partial charge on any atom is 0.237 e. The van der Waals surface area contributed by atoms with E-state index in [-0.39, 0.29) is 5.91 Å². The van der Waals surface area contributed by atoms with E-state index in [2.05, 4.69) is 5.32 Å². The first-order valence-corrected chi connectivity index (χ1v) is 7.72. The summed E-state index contributed by atoms with van der Waals surface area (Å²) in [6.45, 7) is 2.19. The Bertz CT molecular complexity index is 468. The predicted octanol–water partition coefficient (Wildman–Crippen LogP) is 1.25. The molecule has 1 N–H and O–H groups in total. The second-order valence-corrected chi connectivity index (χ2v) is 5.96. The zero-order chi connectivity index (χ0) is 14.1. The summed E-state index contributed by atoms with van der Waals surface area (Å²) in [5.74, 6) is 0.0322. The van der Waals surface area contributed by atoms with E-state index in [1.165, 1.54) is 0 Å². The normalized spacial score (nSPS) is 13.3. The molecule has 0 radical (unpaired) electrons. The van der Waals surface area contributed by atoms with Gasteiger partial charge in [-0.05, 0) is 12.0 Å². The molecule has 1 amide bonds. The fourth-order valence-corrected chi connectivity index (χ4v) is 2.22. The van der Waals surface area contributed by atoms with Gasteiger partial charge in [-0.3, -0.25) is 9.00 Å². The molecule has 0 aliphatic carbocycles. The lowest BCUT2D eigenvalue weighted by Gasteiger charge is -2.10. The molecule has 2 unspecified atom stereocenters. The molecular formula is C14H18N2O2S. The lowest BCUT2D eigenvalue weighted by molar-refractivity contribution is -0.123. The maximum absolute atomic E-state index is 11.8. The molecule has 1 aromatic rings. The summed E-state index contributed by atoms with van der Waals surface area (Å²) in [4.78, 5) is 11.8. The van der Waals surface area contributed by atoms with Crippen molar-refractivity contribution in [1.82, 2.24) is 5.32 Å². The Morgan fingerprint density at radius 2 is 2.11 bits per heavy atom. The average Bonchev–Trinajstić information content (AvgIpc) is 2.45. The van der Waals surface area contributed by atoms with Crippen LogP contribution in [0.25, 0.3) is 0 Å². The Balaban J connectivity index is 2.45. The van der Waals surface area contributed by atoms with Crippen LogP contribution in [-0.2, 0) is 22.0 Å². The molecule has 102 valence electrons.